The van der Waals surface area contributed by atoms with Gasteiger partial charge in [0, 0.05) is 0 Å². The van der Waals surface area contributed by atoms with Crippen LogP contribution >= 0.6 is 0 Å². The molecule has 0 saturated carbocycles. The smallest absolute Gasteiger partial charge is 0.397 e. The molecule has 0 aromatic heterocycles. The molecule has 1 unspecified atom stereocenters. The Morgan fingerprint density at radius 1 is 0.719 bits per heavy atom. The van der Waals surface area contributed by atoms with Crippen LogP contribution in [0.5, 0.6) is 0 Å². The quantitative estimate of drug-likeness (QED) is 0.152. The predicted molar refractivity (Wildman–Crippen MR) is 68.0 cm³/mol. The average Bonchev–Trinajstić information content (AvgIpc) is 2.60. The Bertz CT molecular complexity index is 658. The van der Waals surface area contributed by atoms with Crippen LogP contribution in [0.2, 0.25) is 0 Å². The molecule has 0 aromatic rings. The lowest BCUT2D eigenvalue weighted by Crippen LogP contribution is -2.68. The minimum absolute atomic E-state index is 0.0851. The van der Waals surface area contributed by atoms with Gasteiger partial charge in [0.1, 0.15) is 0 Å². The summed E-state index contributed by atoms with van der Waals surface area (Å²) in [7, 11) is 0. The molecule has 0 heterocycles. The lowest BCUT2D eigenvalue weighted by Gasteiger charge is -2.38. The monoisotopic (exact) mass is 518 g/mol. The van der Waals surface area contributed by atoms with Crippen molar-refractivity contribution < 1.29 is 84.5 Å². The van der Waals surface area contributed by atoms with E-state index >= 15 is 0 Å². The van der Waals surface area contributed by atoms with E-state index in [1.165, 1.54) is 6.92 Å². The molecule has 0 aliphatic heterocycles. The topological polar surface area (TPSA) is 27.7 Å². The minimum atomic E-state index is -8.11. The molecule has 19 heteroatoms. The van der Waals surface area contributed by atoms with Gasteiger partial charge in [-0.15, -0.1) is 0 Å². The molecular formula is C13H10F16O3. The summed E-state index contributed by atoms with van der Waals surface area (Å²) in [4.78, 5) is 0. The minimum Gasteiger partial charge on any atom is -0.397 e. The normalized spacial score (nSPS) is 15.5. The fourth-order valence-corrected chi connectivity index (χ4v) is 1.47. The first-order valence-corrected chi connectivity index (χ1v) is 7.64. The molecule has 192 valence electrons. The Kier molecular flexibility index (Phi) is 9.18. The second-order valence-corrected chi connectivity index (χ2v) is 5.59. The molecule has 0 aliphatic carbocycles. The molecule has 32 heavy (non-hydrogen) atoms. The summed E-state index contributed by atoms with van der Waals surface area (Å²) < 4.78 is 214. The van der Waals surface area contributed by atoms with E-state index < -0.39 is 61.2 Å². The molecule has 0 radical (unpaired) electrons. The van der Waals surface area contributed by atoms with Gasteiger partial charge in [0.15, 0.2) is 0 Å². The highest BCUT2D eigenvalue weighted by Gasteiger charge is 2.89. The van der Waals surface area contributed by atoms with Gasteiger partial charge in [-0.05, 0) is 6.42 Å². The summed E-state index contributed by atoms with van der Waals surface area (Å²) in [5.41, 5.74) is 0. The third-order valence-electron chi connectivity index (χ3n) is 3.19. The van der Waals surface area contributed by atoms with Crippen molar-refractivity contribution in [1.29, 1.82) is 0 Å². The standard InChI is InChI=1S/C13H10F16O3/c1-2-3-4-30-8(18,19)7(17)32-13(28,29)11(24,25)9(20,21)10(22,23)12(26,27)31-6(16)5(14)15/h7H,2-4H2,1H3. The van der Waals surface area contributed by atoms with E-state index in [1.807, 2.05) is 4.74 Å². The van der Waals surface area contributed by atoms with E-state index in [0.29, 0.717) is 0 Å². The number of unbranched alkanes of at least 4 members (excludes halogenated alkanes) is 1. The van der Waals surface area contributed by atoms with Gasteiger partial charge in [0.05, 0.1) is 6.61 Å². The maximum atomic E-state index is 13.4. The number of ether oxygens (including phenoxy) is 3. The van der Waals surface area contributed by atoms with Crippen LogP contribution in [0.25, 0.3) is 0 Å². The first-order valence-electron chi connectivity index (χ1n) is 7.64. The predicted octanol–water partition coefficient (Wildman–Crippen LogP) is 6.85. The summed E-state index contributed by atoms with van der Waals surface area (Å²) >= 11 is 0. The molecule has 0 fully saturated rings. The van der Waals surface area contributed by atoms with Gasteiger partial charge < -0.3 is 9.47 Å². The van der Waals surface area contributed by atoms with Crippen LogP contribution in [0.3, 0.4) is 0 Å². The van der Waals surface area contributed by atoms with Crippen LogP contribution in [0.4, 0.5) is 70.2 Å². The zero-order valence-electron chi connectivity index (χ0n) is 15.0. The van der Waals surface area contributed by atoms with Crippen molar-refractivity contribution in [2.75, 3.05) is 6.61 Å². The first-order chi connectivity index (χ1) is 14.0. The molecule has 0 amide bonds. The maximum absolute atomic E-state index is 13.4. The van der Waals surface area contributed by atoms with Crippen LogP contribution in [0, 0.1) is 0 Å². The van der Waals surface area contributed by atoms with Crippen molar-refractivity contribution in [2.24, 2.45) is 0 Å². The van der Waals surface area contributed by atoms with E-state index in [1.54, 1.807) is 0 Å². The Morgan fingerprint density at radius 3 is 1.56 bits per heavy atom. The van der Waals surface area contributed by atoms with E-state index in [2.05, 4.69) is 9.47 Å². The summed E-state index contributed by atoms with van der Waals surface area (Å²) in [6, 6.07) is -3.98. The van der Waals surface area contributed by atoms with Gasteiger partial charge >= 0.3 is 48.2 Å². The maximum Gasteiger partial charge on any atom is 0.472 e. The van der Waals surface area contributed by atoms with Gasteiger partial charge in [-0.25, -0.2) is 4.39 Å². The van der Waals surface area contributed by atoms with E-state index in [-0.39, 0.29) is 12.8 Å². The van der Waals surface area contributed by atoms with Crippen molar-refractivity contribution >= 4 is 0 Å². The van der Waals surface area contributed by atoms with Gasteiger partial charge in [0.25, 0.3) is 6.36 Å². The Labute approximate surface area is 166 Å². The summed E-state index contributed by atoms with van der Waals surface area (Å²) in [6.07, 6.45) is -29.5. The molecule has 0 rings (SSSR count). The van der Waals surface area contributed by atoms with Crippen LogP contribution in [0.15, 0.2) is 12.1 Å². The lowest BCUT2D eigenvalue weighted by molar-refractivity contribution is -0.488. The lowest BCUT2D eigenvalue weighted by atomic mass is 10.0. The average molecular weight is 518 g/mol. The van der Waals surface area contributed by atoms with Crippen LogP contribution in [0.1, 0.15) is 19.8 Å². The zero-order valence-corrected chi connectivity index (χ0v) is 15.0. The third-order valence-corrected chi connectivity index (χ3v) is 3.19. The van der Waals surface area contributed by atoms with Crippen molar-refractivity contribution in [3.8, 4) is 0 Å². The number of rotatable bonds is 13. The SMILES string of the molecule is CCCCOC(F)(F)C(F)OC(F)(F)C(F)(F)C(F)(F)C(F)(F)C(F)(F)OC(F)=C(F)F. The highest BCUT2D eigenvalue weighted by molar-refractivity contribution is 5.05. The Balaban J connectivity index is 5.98. The molecule has 0 bridgehead atoms. The van der Waals surface area contributed by atoms with E-state index in [9.17, 15) is 70.2 Å². The van der Waals surface area contributed by atoms with Crippen molar-refractivity contribution in [3.05, 3.63) is 12.1 Å². The second-order valence-electron chi connectivity index (χ2n) is 5.59. The van der Waals surface area contributed by atoms with Crippen molar-refractivity contribution in [1.82, 2.24) is 0 Å². The van der Waals surface area contributed by atoms with E-state index in [0.717, 1.165) is 0 Å². The molecule has 3 nitrogen and oxygen atoms in total. The third kappa shape index (κ3) is 5.82. The van der Waals surface area contributed by atoms with Gasteiger partial charge in [-0.1, -0.05) is 13.3 Å². The Hall–Kier alpha value is -1.66. The number of hydrogen-bond acceptors (Lipinski definition) is 3. The largest absolute Gasteiger partial charge is 0.472 e. The fraction of sp³-hybridized carbons (Fsp3) is 0.846. The molecule has 0 aromatic carbocycles. The molecule has 0 aliphatic rings. The molecule has 1 atom stereocenters. The van der Waals surface area contributed by atoms with Crippen LogP contribution < -0.4 is 0 Å². The zero-order chi connectivity index (χ0) is 26.0. The molecular weight excluding hydrogens is 508 g/mol. The van der Waals surface area contributed by atoms with Crippen LogP contribution in [-0.4, -0.2) is 49.1 Å². The van der Waals surface area contributed by atoms with Gasteiger partial charge in [-0.3, -0.25) is 4.74 Å². The fourth-order valence-electron chi connectivity index (χ4n) is 1.47. The number of halogens is 16. The highest BCUT2D eigenvalue weighted by atomic mass is 19.4. The second kappa shape index (κ2) is 9.68. The van der Waals surface area contributed by atoms with Crippen molar-refractivity contribution in [2.45, 2.75) is 62.2 Å². The van der Waals surface area contributed by atoms with Gasteiger partial charge in [-0.2, -0.15) is 65.9 Å². The van der Waals surface area contributed by atoms with Gasteiger partial charge in [0.2, 0.25) is 0 Å². The Morgan fingerprint density at radius 2 is 1.16 bits per heavy atom. The summed E-state index contributed by atoms with van der Waals surface area (Å²) in [6.45, 7) is 0.238. The summed E-state index contributed by atoms with van der Waals surface area (Å²) in [5.74, 6) is -24.0. The highest BCUT2D eigenvalue weighted by Crippen LogP contribution is 2.58. The molecule has 0 N–H and O–H groups in total. The number of alkyl halides is 13. The molecule has 0 spiro atoms. The first kappa shape index (κ1) is 30.3. The van der Waals surface area contributed by atoms with Crippen LogP contribution in [-0.2, 0) is 14.2 Å². The molecule has 0 saturated heterocycles. The van der Waals surface area contributed by atoms with E-state index in [4.69, 9.17) is 0 Å². The van der Waals surface area contributed by atoms with Crippen molar-refractivity contribution in [3.63, 3.8) is 0 Å². The number of hydrogen-bond donors (Lipinski definition) is 0. The summed E-state index contributed by atoms with van der Waals surface area (Å²) in [5, 5.41) is 0.